The van der Waals surface area contributed by atoms with Crippen LogP contribution in [-0.2, 0) is 13.0 Å². The van der Waals surface area contributed by atoms with E-state index < -0.39 is 0 Å². The van der Waals surface area contributed by atoms with E-state index in [1.165, 1.54) is 5.57 Å². The van der Waals surface area contributed by atoms with E-state index in [4.69, 9.17) is 14.1 Å². The Bertz CT molecular complexity index is 1390. The topological polar surface area (TPSA) is 64.4 Å². The second-order valence-corrected chi connectivity index (χ2v) is 9.10. The number of nitrogens with one attached hydrogen (secondary N) is 1. The number of anilines is 1. The lowest BCUT2D eigenvalue weighted by Crippen LogP contribution is -2.12. The maximum atomic E-state index is 12.9. The second-order valence-electron chi connectivity index (χ2n) is 9.10. The Hall–Kier alpha value is -4.12. The van der Waals surface area contributed by atoms with Crippen LogP contribution in [0.1, 0.15) is 46.8 Å². The number of benzene rings is 3. The summed E-state index contributed by atoms with van der Waals surface area (Å²) in [5.41, 5.74) is 6.39. The summed E-state index contributed by atoms with van der Waals surface area (Å²) in [4.78, 5) is 17.6. The Morgan fingerprint density at radius 2 is 1.83 bits per heavy atom. The normalized spacial score (nSPS) is 14.7. The first-order valence-electron chi connectivity index (χ1n) is 11.8. The van der Waals surface area contributed by atoms with Crippen molar-refractivity contribution in [1.82, 2.24) is 4.98 Å². The number of hydrogen-bond donors (Lipinski definition) is 1. The van der Waals surface area contributed by atoms with Crippen molar-refractivity contribution in [3.05, 3.63) is 107 Å². The molecule has 1 atom stereocenters. The molecule has 176 valence electrons. The lowest BCUT2D eigenvalue weighted by atomic mass is 9.91. The van der Waals surface area contributed by atoms with Crippen molar-refractivity contribution in [1.29, 1.82) is 0 Å². The summed E-state index contributed by atoms with van der Waals surface area (Å²) in [6.45, 7) is 6.77. The molecule has 0 aliphatic heterocycles. The van der Waals surface area contributed by atoms with Gasteiger partial charge in [0.25, 0.3) is 5.91 Å². The molecule has 1 aliphatic rings. The number of allylic oxidation sites excluding steroid dienone is 1. The van der Waals surface area contributed by atoms with Crippen LogP contribution in [0.5, 0.6) is 5.75 Å². The van der Waals surface area contributed by atoms with Crippen LogP contribution in [0.3, 0.4) is 0 Å². The average molecular weight is 465 g/mol. The van der Waals surface area contributed by atoms with E-state index in [1.807, 2.05) is 67.6 Å². The van der Waals surface area contributed by atoms with Crippen LogP contribution in [-0.4, -0.2) is 10.9 Å². The highest BCUT2D eigenvalue weighted by Crippen LogP contribution is 2.33. The lowest BCUT2D eigenvalue weighted by Gasteiger charge is -2.14. The predicted octanol–water partition coefficient (Wildman–Crippen LogP) is 7.08. The van der Waals surface area contributed by atoms with Crippen LogP contribution in [0, 0.1) is 12.8 Å². The molecule has 1 amide bonds. The van der Waals surface area contributed by atoms with Crippen LogP contribution < -0.4 is 10.1 Å². The zero-order valence-corrected chi connectivity index (χ0v) is 20.2. The number of carbonyl (C=O) groups is 1. The van der Waals surface area contributed by atoms with Crippen molar-refractivity contribution in [2.75, 3.05) is 5.32 Å². The van der Waals surface area contributed by atoms with Gasteiger partial charge in [-0.15, -0.1) is 0 Å². The smallest absolute Gasteiger partial charge is 0.255 e. The number of aryl methyl sites for hydroxylation is 1. The summed E-state index contributed by atoms with van der Waals surface area (Å²) < 4.78 is 11.9. The number of aromatic nitrogens is 1. The minimum atomic E-state index is -0.182. The maximum absolute atomic E-state index is 12.9. The highest BCUT2D eigenvalue weighted by molar-refractivity contribution is 6.05. The Morgan fingerprint density at radius 3 is 2.60 bits per heavy atom. The number of carbonyl (C=O) groups excluding carboxylic acids is 1. The quantitative estimate of drug-likeness (QED) is 0.331. The van der Waals surface area contributed by atoms with E-state index in [0.29, 0.717) is 24.0 Å². The molecule has 1 aliphatic carbocycles. The molecular formula is C30H28N2O3. The van der Waals surface area contributed by atoms with Crippen LogP contribution in [0.25, 0.3) is 17.5 Å². The van der Waals surface area contributed by atoms with Crippen molar-refractivity contribution >= 4 is 17.7 Å². The molecule has 1 N–H and O–H groups in total. The van der Waals surface area contributed by atoms with E-state index in [-0.39, 0.29) is 5.91 Å². The van der Waals surface area contributed by atoms with Crippen molar-refractivity contribution in [3.8, 4) is 17.2 Å². The van der Waals surface area contributed by atoms with Gasteiger partial charge in [-0.05, 0) is 73.4 Å². The molecule has 4 aromatic rings. The predicted molar refractivity (Wildman–Crippen MR) is 138 cm³/mol. The van der Waals surface area contributed by atoms with Gasteiger partial charge in [-0.1, -0.05) is 48.9 Å². The van der Waals surface area contributed by atoms with Crippen LogP contribution in [0.4, 0.5) is 5.69 Å². The van der Waals surface area contributed by atoms with Gasteiger partial charge in [-0.25, -0.2) is 4.98 Å². The molecule has 0 radical (unpaired) electrons. The molecule has 0 spiro atoms. The number of rotatable bonds is 6. The average Bonchev–Trinajstić information content (AvgIpc) is 3.28. The number of oxazole rings is 1. The van der Waals surface area contributed by atoms with Gasteiger partial charge in [-0.2, -0.15) is 0 Å². The fraction of sp³-hybridized carbons (Fsp3) is 0.200. The molecule has 35 heavy (non-hydrogen) atoms. The third-order valence-corrected chi connectivity index (χ3v) is 6.46. The molecule has 1 aromatic heterocycles. The Kier molecular flexibility index (Phi) is 6.23. The number of ether oxygens (including phenoxy) is 1. The van der Waals surface area contributed by atoms with Gasteiger partial charge >= 0.3 is 0 Å². The van der Waals surface area contributed by atoms with Crippen molar-refractivity contribution in [2.24, 2.45) is 5.92 Å². The van der Waals surface area contributed by atoms with Crippen molar-refractivity contribution < 1.29 is 13.9 Å². The van der Waals surface area contributed by atoms with E-state index in [2.05, 4.69) is 25.2 Å². The molecule has 5 rings (SSSR count). The number of hydrogen-bond acceptors (Lipinski definition) is 4. The third-order valence-electron chi connectivity index (χ3n) is 6.46. The standard InChI is InChI=1S/C30H28N2O3/c1-19-9-10-24(30-32-27-15-20(2)21(3)16-28(27)35-30)17-26(19)31-29(33)23-11-13-25(14-12-23)34-18-22-7-5-4-6-8-22/h4-15,17,21H,16,18H2,1-3H3,(H,31,33). The summed E-state index contributed by atoms with van der Waals surface area (Å²) in [6, 6.07) is 23.0. The fourth-order valence-corrected chi connectivity index (χ4v) is 4.07. The van der Waals surface area contributed by atoms with Crippen molar-refractivity contribution in [3.63, 3.8) is 0 Å². The van der Waals surface area contributed by atoms with Gasteiger partial charge in [0.05, 0.1) is 0 Å². The van der Waals surface area contributed by atoms with E-state index in [0.717, 1.165) is 46.0 Å². The minimum Gasteiger partial charge on any atom is -0.489 e. The van der Waals surface area contributed by atoms with Gasteiger partial charge in [-0.3, -0.25) is 4.79 Å². The summed E-state index contributed by atoms with van der Waals surface area (Å²) >= 11 is 0. The molecule has 5 heteroatoms. The summed E-state index contributed by atoms with van der Waals surface area (Å²) in [5, 5.41) is 3.03. The SMILES string of the molecule is CC1=Cc2nc(-c3ccc(C)c(NC(=O)c4ccc(OCc5ccccc5)cc4)c3)oc2CC1C. The Balaban J connectivity index is 1.28. The molecule has 5 nitrogen and oxygen atoms in total. The van der Waals surface area contributed by atoms with E-state index in [9.17, 15) is 4.79 Å². The van der Waals surface area contributed by atoms with Gasteiger partial charge < -0.3 is 14.5 Å². The van der Waals surface area contributed by atoms with Gasteiger partial charge in [0.15, 0.2) is 0 Å². The number of nitrogens with zero attached hydrogens (tertiary/aromatic N) is 1. The lowest BCUT2D eigenvalue weighted by molar-refractivity contribution is 0.102. The monoisotopic (exact) mass is 464 g/mol. The summed E-state index contributed by atoms with van der Waals surface area (Å²) in [6.07, 6.45) is 2.95. The Morgan fingerprint density at radius 1 is 1.06 bits per heavy atom. The number of fused-ring (bicyclic) bond motifs is 1. The first kappa shape index (κ1) is 22.7. The first-order valence-corrected chi connectivity index (χ1v) is 11.8. The van der Waals surface area contributed by atoms with Crippen LogP contribution >= 0.6 is 0 Å². The van der Waals surface area contributed by atoms with E-state index in [1.54, 1.807) is 12.1 Å². The van der Waals surface area contributed by atoms with Gasteiger partial charge in [0.1, 0.15) is 23.8 Å². The first-order chi connectivity index (χ1) is 17.0. The Labute approximate surface area is 205 Å². The maximum Gasteiger partial charge on any atom is 0.255 e. The molecule has 0 saturated carbocycles. The molecule has 0 fully saturated rings. The molecular weight excluding hydrogens is 436 g/mol. The van der Waals surface area contributed by atoms with Crippen LogP contribution in [0.2, 0.25) is 0 Å². The molecule has 1 heterocycles. The molecule has 0 bridgehead atoms. The molecule has 1 unspecified atom stereocenters. The molecule has 3 aromatic carbocycles. The van der Waals surface area contributed by atoms with Crippen molar-refractivity contribution in [2.45, 2.75) is 33.8 Å². The zero-order valence-electron chi connectivity index (χ0n) is 20.2. The van der Waals surface area contributed by atoms with Crippen LogP contribution in [0.15, 0.2) is 82.8 Å². The number of amides is 1. The zero-order chi connectivity index (χ0) is 24.4. The van der Waals surface area contributed by atoms with E-state index >= 15 is 0 Å². The minimum absolute atomic E-state index is 0.182. The fourth-order valence-electron chi connectivity index (χ4n) is 4.07. The molecule has 0 saturated heterocycles. The highest BCUT2D eigenvalue weighted by Gasteiger charge is 2.21. The summed E-state index contributed by atoms with van der Waals surface area (Å²) in [7, 11) is 0. The second kappa shape index (κ2) is 9.63. The largest absolute Gasteiger partial charge is 0.489 e. The summed E-state index contributed by atoms with van der Waals surface area (Å²) in [5.74, 6) is 2.47. The van der Waals surface area contributed by atoms with Gasteiger partial charge in [0.2, 0.25) is 5.89 Å². The highest BCUT2D eigenvalue weighted by atomic mass is 16.5. The third kappa shape index (κ3) is 5.04. The van der Waals surface area contributed by atoms with Gasteiger partial charge in [0, 0.05) is 23.2 Å².